The van der Waals surface area contributed by atoms with E-state index in [4.69, 9.17) is 17.3 Å². The van der Waals surface area contributed by atoms with Gasteiger partial charge in [0.1, 0.15) is 5.15 Å². The molecule has 0 saturated carbocycles. The lowest BCUT2D eigenvalue weighted by Gasteiger charge is -2.10. The van der Waals surface area contributed by atoms with Gasteiger partial charge in [0.25, 0.3) is 0 Å². The third-order valence-electron chi connectivity index (χ3n) is 1.72. The van der Waals surface area contributed by atoms with E-state index in [0.717, 1.165) is 5.56 Å². The molecule has 0 aliphatic carbocycles. The molecule has 0 fully saturated rings. The normalized spacial score (nSPS) is 12.5. The first-order valence-corrected chi connectivity index (χ1v) is 4.28. The Morgan fingerprint density at radius 1 is 1.69 bits per heavy atom. The molecule has 0 bridgehead atoms. The quantitative estimate of drug-likeness (QED) is 0.573. The number of rotatable bonds is 3. The summed E-state index contributed by atoms with van der Waals surface area (Å²) in [4.78, 5) is 13.3. The van der Waals surface area contributed by atoms with Crippen LogP contribution in [0.15, 0.2) is 29.6 Å². The molecule has 1 atom stereocenters. The van der Waals surface area contributed by atoms with E-state index in [9.17, 15) is 4.79 Å². The Morgan fingerprint density at radius 3 is 2.92 bits per heavy atom. The minimum absolute atomic E-state index is 0.207. The van der Waals surface area contributed by atoms with Gasteiger partial charge in [0.15, 0.2) is 0 Å². The van der Waals surface area contributed by atoms with Crippen LogP contribution in [0.4, 0.5) is 0 Å². The van der Waals surface area contributed by atoms with Crippen LogP contribution < -0.4 is 11.3 Å². The summed E-state index contributed by atoms with van der Waals surface area (Å²) in [6, 6.07) is 2.83. The third-order valence-corrected chi connectivity index (χ3v) is 2.03. The van der Waals surface area contributed by atoms with Crippen molar-refractivity contribution in [1.82, 2.24) is 4.98 Å². The van der Waals surface area contributed by atoms with Crippen LogP contribution in [0.1, 0.15) is 18.0 Å². The van der Waals surface area contributed by atoms with Crippen molar-refractivity contribution < 1.29 is 0 Å². The molecule has 1 heterocycles. The van der Waals surface area contributed by atoms with Gasteiger partial charge in [-0.1, -0.05) is 17.7 Å². The molecule has 4 heteroatoms. The smallest absolute Gasteiger partial charge is 0.249 e. The van der Waals surface area contributed by atoms with E-state index in [1.165, 1.54) is 6.07 Å². The van der Waals surface area contributed by atoms with Crippen molar-refractivity contribution in [2.24, 2.45) is 5.73 Å². The first kappa shape index (κ1) is 10.0. The molecule has 0 aliphatic rings. The molecule has 13 heavy (non-hydrogen) atoms. The lowest BCUT2D eigenvalue weighted by Crippen LogP contribution is -2.13. The molecule has 1 unspecified atom stereocenters. The van der Waals surface area contributed by atoms with E-state index in [0.29, 0.717) is 11.6 Å². The number of nitrogens with one attached hydrogen (secondary N) is 1. The van der Waals surface area contributed by atoms with Crippen LogP contribution in [0.3, 0.4) is 0 Å². The molecule has 0 radical (unpaired) electrons. The predicted octanol–water partition coefficient (Wildman–Crippen LogP) is 1.60. The van der Waals surface area contributed by atoms with E-state index >= 15 is 0 Å². The molecular weight excluding hydrogens is 188 g/mol. The molecule has 0 aromatic carbocycles. The van der Waals surface area contributed by atoms with Gasteiger partial charge in [-0.25, -0.2) is 0 Å². The predicted molar refractivity (Wildman–Crippen MR) is 53.8 cm³/mol. The van der Waals surface area contributed by atoms with Gasteiger partial charge in [0.05, 0.1) is 0 Å². The summed E-state index contributed by atoms with van der Waals surface area (Å²) in [5.41, 5.74) is 6.29. The standard InChI is InChI=1S/C9H11ClN2O/c1-2-3-7(11)6-4-5-8(13)12-9(6)10/h2,4-5,7H,1,3,11H2,(H,12,13). The molecule has 70 valence electrons. The molecule has 3 nitrogen and oxygen atoms in total. The summed E-state index contributed by atoms with van der Waals surface area (Å²) in [6.45, 7) is 3.58. The number of aromatic amines is 1. The second-order valence-corrected chi connectivity index (χ2v) is 3.10. The summed E-state index contributed by atoms with van der Waals surface area (Å²) in [7, 11) is 0. The Hall–Kier alpha value is -1.06. The monoisotopic (exact) mass is 198 g/mol. The van der Waals surface area contributed by atoms with E-state index < -0.39 is 0 Å². The SMILES string of the molecule is C=CCC(N)c1ccc(=O)[nH]c1Cl. The van der Waals surface area contributed by atoms with Gasteiger partial charge < -0.3 is 10.7 Å². The highest BCUT2D eigenvalue weighted by atomic mass is 35.5. The Labute approximate surface area is 81.2 Å². The summed E-state index contributed by atoms with van der Waals surface area (Å²) < 4.78 is 0. The van der Waals surface area contributed by atoms with E-state index in [-0.39, 0.29) is 11.6 Å². The van der Waals surface area contributed by atoms with Gasteiger partial charge >= 0.3 is 0 Å². The molecule has 1 aromatic rings. The van der Waals surface area contributed by atoms with Crippen molar-refractivity contribution in [2.75, 3.05) is 0 Å². The number of halogens is 1. The van der Waals surface area contributed by atoms with Crippen LogP contribution in [0, 0.1) is 0 Å². The average molecular weight is 199 g/mol. The van der Waals surface area contributed by atoms with Crippen LogP contribution in [-0.2, 0) is 0 Å². The largest absolute Gasteiger partial charge is 0.324 e. The minimum Gasteiger partial charge on any atom is -0.324 e. The van der Waals surface area contributed by atoms with Gasteiger partial charge in [-0.2, -0.15) is 0 Å². The van der Waals surface area contributed by atoms with Gasteiger partial charge in [-0.15, -0.1) is 6.58 Å². The third kappa shape index (κ3) is 2.44. The minimum atomic E-state index is -0.223. The topological polar surface area (TPSA) is 58.9 Å². The maximum Gasteiger partial charge on any atom is 0.249 e. The lowest BCUT2D eigenvalue weighted by atomic mass is 10.1. The molecule has 1 aromatic heterocycles. The van der Waals surface area contributed by atoms with Gasteiger partial charge in [0.2, 0.25) is 5.56 Å². The summed E-state index contributed by atoms with van der Waals surface area (Å²) >= 11 is 5.79. The fourth-order valence-electron chi connectivity index (χ4n) is 1.05. The zero-order valence-electron chi connectivity index (χ0n) is 7.09. The lowest BCUT2D eigenvalue weighted by molar-refractivity contribution is 0.736. The molecule has 1 rings (SSSR count). The number of nitrogens with two attached hydrogens (primary N) is 1. The highest BCUT2D eigenvalue weighted by Crippen LogP contribution is 2.19. The molecule has 0 amide bonds. The van der Waals surface area contributed by atoms with Crippen molar-refractivity contribution in [3.05, 3.63) is 45.9 Å². The second-order valence-electron chi connectivity index (χ2n) is 2.72. The van der Waals surface area contributed by atoms with Crippen LogP contribution in [-0.4, -0.2) is 4.98 Å². The first-order chi connectivity index (χ1) is 6.15. The fourth-order valence-corrected chi connectivity index (χ4v) is 1.35. The van der Waals surface area contributed by atoms with E-state index in [1.807, 2.05) is 0 Å². The van der Waals surface area contributed by atoms with Crippen molar-refractivity contribution in [3.63, 3.8) is 0 Å². The van der Waals surface area contributed by atoms with Crippen LogP contribution in [0.25, 0.3) is 0 Å². The van der Waals surface area contributed by atoms with Crippen molar-refractivity contribution >= 4 is 11.6 Å². The number of hydrogen-bond acceptors (Lipinski definition) is 2. The number of hydrogen-bond donors (Lipinski definition) is 2. The summed E-state index contributed by atoms with van der Waals surface area (Å²) in [6.07, 6.45) is 2.35. The number of H-pyrrole nitrogens is 1. The Morgan fingerprint density at radius 2 is 2.38 bits per heavy atom. The van der Waals surface area contributed by atoms with E-state index in [1.54, 1.807) is 12.1 Å². The summed E-state index contributed by atoms with van der Waals surface area (Å²) in [5.74, 6) is 0. The Kier molecular flexibility index (Phi) is 3.28. The zero-order valence-corrected chi connectivity index (χ0v) is 7.84. The maximum absolute atomic E-state index is 10.8. The highest BCUT2D eigenvalue weighted by Gasteiger charge is 2.08. The summed E-state index contributed by atoms with van der Waals surface area (Å²) in [5, 5.41) is 0.307. The number of aromatic nitrogens is 1. The fraction of sp³-hybridized carbons (Fsp3) is 0.222. The van der Waals surface area contributed by atoms with Gasteiger partial charge in [0, 0.05) is 17.7 Å². The number of pyridine rings is 1. The molecule has 0 spiro atoms. The molecule has 0 saturated heterocycles. The first-order valence-electron chi connectivity index (χ1n) is 3.90. The van der Waals surface area contributed by atoms with Gasteiger partial charge in [-0.05, 0) is 12.5 Å². The Balaban J connectivity index is 3.00. The van der Waals surface area contributed by atoms with Crippen LogP contribution in [0.5, 0.6) is 0 Å². The van der Waals surface area contributed by atoms with E-state index in [2.05, 4.69) is 11.6 Å². The molecular formula is C9H11ClN2O. The van der Waals surface area contributed by atoms with Crippen LogP contribution >= 0.6 is 11.6 Å². The second kappa shape index (κ2) is 4.25. The molecule has 3 N–H and O–H groups in total. The molecule has 0 aliphatic heterocycles. The van der Waals surface area contributed by atoms with Crippen molar-refractivity contribution in [1.29, 1.82) is 0 Å². The van der Waals surface area contributed by atoms with Crippen LogP contribution in [0.2, 0.25) is 5.15 Å². The maximum atomic E-state index is 10.8. The van der Waals surface area contributed by atoms with Crippen molar-refractivity contribution in [2.45, 2.75) is 12.5 Å². The highest BCUT2D eigenvalue weighted by molar-refractivity contribution is 6.30. The van der Waals surface area contributed by atoms with Crippen molar-refractivity contribution in [3.8, 4) is 0 Å². The average Bonchev–Trinajstić information content (AvgIpc) is 2.04. The zero-order chi connectivity index (χ0) is 9.84. The Bertz CT molecular complexity index is 359. The van der Waals surface area contributed by atoms with Gasteiger partial charge in [-0.3, -0.25) is 4.79 Å².